The van der Waals surface area contributed by atoms with Crippen LogP contribution in [0.15, 0.2) is 40.9 Å². The van der Waals surface area contributed by atoms with Crippen LogP contribution < -0.4 is 15.4 Å². The molecule has 1 fully saturated rings. The molecule has 1 aliphatic carbocycles. The van der Waals surface area contributed by atoms with Gasteiger partial charge in [0.1, 0.15) is 11.8 Å². The lowest BCUT2D eigenvalue weighted by Crippen LogP contribution is -2.49. The van der Waals surface area contributed by atoms with Gasteiger partial charge in [0.2, 0.25) is 11.7 Å². The number of nitriles is 1. The quantitative estimate of drug-likeness (QED) is 0.523. The van der Waals surface area contributed by atoms with Crippen molar-refractivity contribution in [2.75, 3.05) is 32.7 Å². The maximum absolute atomic E-state index is 12.6. The maximum Gasteiger partial charge on any atom is 0.258 e. The van der Waals surface area contributed by atoms with Crippen molar-refractivity contribution in [1.29, 1.82) is 5.26 Å². The van der Waals surface area contributed by atoms with Gasteiger partial charge in [0.15, 0.2) is 0 Å². The van der Waals surface area contributed by atoms with Crippen molar-refractivity contribution in [3.05, 3.63) is 53.1 Å². The Bertz CT molecular complexity index is 1290. The van der Waals surface area contributed by atoms with Crippen molar-refractivity contribution >= 4 is 5.91 Å². The molecule has 9 heteroatoms. The SMILES string of the molecule is CC(C)Oc1ccc(-c2nc(-c3cccc4c3CC[C@@H]4NCC(=O)N3CCNCC3)no2)cc1C#N. The van der Waals surface area contributed by atoms with Crippen LogP contribution in [0.3, 0.4) is 0 Å². The van der Waals surface area contributed by atoms with E-state index in [9.17, 15) is 10.1 Å². The number of benzene rings is 2. The number of piperazine rings is 1. The molecule has 2 aromatic carbocycles. The van der Waals surface area contributed by atoms with E-state index in [-0.39, 0.29) is 18.1 Å². The van der Waals surface area contributed by atoms with Gasteiger partial charge in [0, 0.05) is 43.3 Å². The third-order valence-electron chi connectivity index (χ3n) is 6.62. The number of fused-ring (bicyclic) bond motifs is 1. The van der Waals surface area contributed by atoms with Crippen molar-refractivity contribution in [2.24, 2.45) is 0 Å². The van der Waals surface area contributed by atoms with Crippen LogP contribution in [0.4, 0.5) is 0 Å². The molecule has 1 aromatic heterocycles. The van der Waals surface area contributed by atoms with Gasteiger partial charge in [-0.15, -0.1) is 0 Å². The maximum atomic E-state index is 12.6. The Labute approximate surface area is 210 Å². The van der Waals surface area contributed by atoms with E-state index in [0.29, 0.717) is 35.1 Å². The van der Waals surface area contributed by atoms with Gasteiger partial charge in [0.25, 0.3) is 5.89 Å². The van der Waals surface area contributed by atoms with Crippen molar-refractivity contribution < 1.29 is 14.1 Å². The topological polar surface area (TPSA) is 116 Å². The first-order chi connectivity index (χ1) is 17.5. The third-order valence-corrected chi connectivity index (χ3v) is 6.62. The molecule has 1 atom stereocenters. The molecule has 1 saturated heterocycles. The minimum absolute atomic E-state index is 0.0309. The average molecular weight is 487 g/mol. The molecule has 2 aliphatic rings. The second kappa shape index (κ2) is 10.5. The van der Waals surface area contributed by atoms with Crippen LogP contribution in [-0.2, 0) is 11.2 Å². The normalized spacial score (nSPS) is 17.2. The van der Waals surface area contributed by atoms with E-state index >= 15 is 0 Å². The Morgan fingerprint density at radius 2 is 2.14 bits per heavy atom. The largest absolute Gasteiger partial charge is 0.490 e. The van der Waals surface area contributed by atoms with Gasteiger partial charge in [-0.1, -0.05) is 23.4 Å². The van der Waals surface area contributed by atoms with Crippen LogP contribution in [0.2, 0.25) is 0 Å². The van der Waals surface area contributed by atoms with Crippen LogP contribution in [-0.4, -0.2) is 59.8 Å². The van der Waals surface area contributed by atoms with E-state index in [0.717, 1.165) is 44.6 Å². The summed E-state index contributed by atoms with van der Waals surface area (Å²) in [6.45, 7) is 7.39. The first-order valence-corrected chi connectivity index (χ1v) is 12.4. The van der Waals surface area contributed by atoms with E-state index in [1.165, 1.54) is 11.1 Å². The lowest BCUT2D eigenvalue weighted by molar-refractivity contribution is -0.130. The van der Waals surface area contributed by atoms with Crippen molar-refractivity contribution in [3.63, 3.8) is 0 Å². The highest BCUT2D eigenvalue weighted by molar-refractivity contribution is 5.78. The summed E-state index contributed by atoms with van der Waals surface area (Å²) in [5, 5.41) is 20.5. The lowest BCUT2D eigenvalue weighted by Gasteiger charge is -2.28. The molecule has 0 saturated carbocycles. The van der Waals surface area contributed by atoms with E-state index < -0.39 is 0 Å². The van der Waals surface area contributed by atoms with Crippen molar-refractivity contribution in [1.82, 2.24) is 25.7 Å². The summed E-state index contributed by atoms with van der Waals surface area (Å²) < 4.78 is 11.3. The zero-order chi connectivity index (χ0) is 25.1. The molecule has 36 heavy (non-hydrogen) atoms. The van der Waals surface area contributed by atoms with Gasteiger partial charge < -0.3 is 24.8 Å². The smallest absolute Gasteiger partial charge is 0.258 e. The monoisotopic (exact) mass is 486 g/mol. The fourth-order valence-electron chi connectivity index (χ4n) is 4.87. The van der Waals surface area contributed by atoms with E-state index in [1.807, 2.05) is 36.9 Å². The molecule has 0 spiro atoms. The molecule has 2 N–H and O–H groups in total. The van der Waals surface area contributed by atoms with Crippen LogP contribution >= 0.6 is 0 Å². The molecule has 9 nitrogen and oxygen atoms in total. The number of ether oxygens (including phenoxy) is 1. The van der Waals surface area contributed by atoms with Gasteiger partial charge in [-0.2, -0.15) is 10.2 Å². The molecule has 0 bridgehead atoms. The first-order valence-electron chi connectivity index (χ1n) is 12.4. The standard InChI is InChI=1S/C27H30N6O3/c1-17(2)35-24-9-6-18(14-19(24)15-28)27-31-26(32-36-27)22-5-3-4-21-20(22)7-8-23(21)30-16-25(34)33-12-10-29-11-13-33/h3-6,9,14,17,23,29-30H,7-8,10-13,16H2,1-2H3/t23-/m0/s1. The summed E-state index contributed by atoms with van der Waals surface area (Å²) in [5.41, 5.74) is 4.37. The zero-order valence-electron chi connectivity index (χ0n) is 20.6. The Hall–Kier alpha value is -3.74. The first kappa shape index (κ1) is 24.0. The van der Waals surface area contributed by atoms with Gasteiger partial charge in [-0.25, -0.2) is 0 Å². The van der Waals surface area contributed by atoms with E-state index in [2.05, 4.69) is 32.9 Å². The number of carbonyl (C=O) groups is 1. The van der Waals surface area contributed by atoms with Gasteiger partial charge in [-0.05, 0) is 56.0 Å². The number of amides is 1. The number of carbonyl (C=O) groups excluding carboxylic acids is 1. The molecule has 5 rings (SSSR count). The minimum atomic E-state index is -0.0309. The van der Waals surface area contributed by atoms with Gasteiger partial charge >= 0.3 is 0 Å². The number of hydrogen-bond donors (Lipinski definition) is 2. The predicted molar refractivity (Wildman–Crippen MR) is 134 cm³/mol. The highest BCUT2D eigenvalue weighted by Crippen LogP contribution is 2.37. The number of nitrogens with one attached hydrogen (secondary N) is 2. The zero-order valence-corrected chi connectivity index (χ0v) is 20.6. The third kappa shape index (κ3) is 4.96. The summed E-state index contributed by atoms with van der Waals surface area (Å²) in [5.74, 6) is 1.54. The van der Waals surface area contributed by atoms with Crippen LogP contribution in [0.25, 0.3) is 22.8 Å². The number of rotatable bonds is 7. The lowest BCUT2D eigenvalue weighted by atomic mass is 10.0. The van der Waals surface area contributed by atoms with Gasteiger partial charge in [-0.3, -0.25) is 4.79 Å². The van der Waals surface area contributed by atoms with Crippen molar-refractivity contribution in [3.8, 4) is 34.7 Å². The molecule has 1 amide bonds. The molecule has 0 radical (unpaired) electrons. The molecule has 1 aliphatic heterocycles. The number of hydrogen-bond acceptors (Lipinski definition) is 8. The number of nitrogens with zero attached hydrogens (tertiary/aromatic N) is 4. The summed E-state index contributed by atoms with van der Waals surface area (Å²) in [7, 11) is 0. The molecule has 2 heterocycles. The molecular formula is C27H30N6O3. The summed E-state index contributed by atoms with van der Waals surface area (Å²) >= 11 is 0. The van der Waals surface area contributed by atoms with Crippen LogP contribution in [0.5, 0.6) is 5.75 Å². The summed E-state index contributed by atoms with van der Waals surface area (Å²) in [6.07, 6.45) is 1.75. The summed E-state index contributed by atoms with van der Waals surface area (Å²) in [4.78, 5) is 19.1. The highest BCUT2D eigenvalue weighted by Gasteiger charge is 2.27. The Balaban J connectivity index is 1.32. The fourth-order valence-corrected chi connectivity index (χ4v) is 4.87. The average Bonchev–Trinajstić information content (AvgIpc) is 3.55. The van der Waals surface area contributed by atoms with Crippen LogP contribution in [0, 0.1) is 11.3 Å². The minimum Gasteiger partial charge on any atom is -0.490 e. The van der Waals surface area contributed by atoms with Crippen molar-refractivity contribution in [2.45, 2.75) is 38.8 Å². The summed E-state index contributed by atoms with van der Waals surface area (Å²) in [6, 6.07) is 13.7. The van der Waals surface area contributed by atoms with Gasteiger partial charge in [0.05, 0.1) is 18.2 Å². The molecular weight excluding hydrogens is 456 g/mol. The number of aromatic nitrogens is 2. The van der Waals surface area contributed by atoms with E-state index in [4.69, 9.17) is 9.26 Å². The second-order valence-corrected chi connectivity index (χ2v) is 9.39. The molecule has 186 valence electrons. The Kier molecular flexibility index (Phi) is 6.98. The Morgan fingerprint density at radius 3 is 2.92 bits per heavy atom. The van der Waals surface area contributed by atoms with E-state index in [1.54, 1.807) is 12.1 Å². The fraction of sp³-hybridized carbons (Fsp3) is 0.407. The highest BCUT2D eigenvalue weighted by atomic mass is 16.5. The predicted octanol–water partition coefficient (Wildman–Crippen LogP) is 3.07. The molecule has 3 aromatic rings. The Morgan fingerprint density at radius 1 is 1.31 bits per heavy atom. The second-order valence-electron chi connectivity index (χ2n) is 9.39. The van der Waals surface area contributed by atoms with Crippen LogP contribution in [0.1, 0.15) is 43.0 Å². The molecule has 0 unspecified atom stereocenters.